The Balaban J connectivity index is 2.67. The fraction of sp³-hybridized carbons (Fsp3) is 0.250. The van der Waals surface area contributed by atoms with Crippen LogP contribution in [0.15, 0.2) is 18.2 Å². The molecule has 1 aromatic heterocycles. The van der Waals surface area contributed by atoms with Gasteiger partial charge in [-0.05, 0) is 23.6 Å². The average Bonchev–Trinajstić information content (AvgIpc) is 2.55. The van der Waals surface area contributed by atoms with E-state index in [1.807, 2.05) is 19.9 Å². The summed E-state index contributed by atoms with van der Waals surface area (Å²) in [6.07, 6.45) is 0. The zero-order chi connectivity index (χ0) is 11.9. The second-order valence-electron chi connectivity index (χ2n) is 4.08. The van der Waals surface area contributed by atoms with Gasteiger partial charge in [-0.3, -0.25) is 0 Å². The van der Waals surface area contributed by atoms with E-state index in [0.29, 0.717) is 16.8 Å². The van der Waals surface area contributed by atoms with Crippen molar-refractivity contribution in [2.24, 2.45) is 0 Å². The van der Waals surface area contributed by atoms with Crippen LogP contribution in [0.4, 0.5) is 4.39 Å². The molecule has 4 heteroatoms. The Bertz CT molecular complexity index is 557. The van der Waals surface area contributed by atoms with E-state index in [1.165, 1.54) is 0 Å². The fourth-order valence-electron chi connectivity index (χ4n) is 1.69. The molecule has 0 unspecified atom stereocenters. The molecule has 0 atom stereocenters. The lowest BCUT2D eigenvalue weighted by Crippen LogP contribution is -1.98. The smallest absolute Gasteiger partial charge is 0.355 e. The van der Waals surface area contributed by atoms with Gasteiger partial charge in [-0.2, -0.15) is 0 Å². The molecule has 0 aliphatic heterocycles. The molecule has 0 saturated heterocycles. The number of rotatable bonds is 2. The molecule has 2 N–H and O–H groups in total. The topological polar surface area (TPSA) is 53.1 Å². The van der Waals surface area contributed by atoms with Crippen molar-refractivity contribution in [2.75, 3.05) is 0 Å². The Morgan fingerprint density at radius 3 is 2.69 bits per heavy atom. The Kier molecular flexibility index (Phi) is 2.42. The largest absolute Gasteiger partial charge is 0.476 e. The molecule has 2 aromatic rings. The van der Waals surface area contributed by atoms with E-state index in [1.54, 1.807) is 12.1 Å². The first-order valence-electron chi connectivity index (χ1n) is 5.05. The monoisotopic (exact) mass is 221 g/mol. The number of halogens is 1. The number of carboxylic acids is 1. The number of H-pyrrole nitrogens is 1. The number of aromatic carboxylic acids is 1. The van der Waals surface area contributed by atoms with Gasteiger partial charge < -0.3 is 10.1 Å². The standard InChI is InChI=1S/C12H12FNO2/c1-6(2)7-3-4-8-9(5-7)14-11(10(8)13)12(15)16/h3-6,14H,1-2H3,(H,15,16). The number of hydrogen-bond donors (Lipinski definition) is 2. The number of carbonyl (C=O) groups is 1. The van der Waals surface area contributed by atoms with E-state index in [0.717, 1.165) is 5.56 Å². The summed E-state index contributed by atoms with van der Waals surface area (Å²) in [5, 5.41) is 9.10. The quantitative estimate of drug-likeness (QED) is 0.818. The van der Waals surface area contributed by atoms with E-state index in [2.05, 4.69) is 4.98 Å². The third-order valence-corrected chi connectivity index (χ3v) is 2.64. The van der Waals surface area contributed by atoms with Gasteiger partial charge in [0.05, 0.1) is 0 Å². The van der Waals surface area contributed by atoms with E-state index in [-0.39, 0.29) is 5.69 Å². The number of aromatic amines is 1. The normalized spacial score (nSPS) is 11.2. The molecule has 0 spiro atoms. The van der Waals surface area contributed by atoms with Gasteiger partial charge in [-0.1, -0.05) is 19.9 Å². The maximum Gasteiger partial charge on any atom is 0.355 e. The molecule has 0 aliphatic rings. The summed E-state index contributed by atoms with van der Waals surface area (Å²) in [6.45, 7) is 4.05. The van der Waals surface area contributed by atoms with E-state index in [9.17, 15) is 9.18 Å². The highest BCUT2D eigenvalue weighted by atomic mass is 19.1. The van der Waals surface area contributed by atoms with Crippen molar-refractivity contribution >= 4 is 16.9 Å². The highest BCUT2D eigenvalue weighted by molar-refractivity contribution is 5.94. The summed E-state index contributed by atoms with van der Waals surface area (Å²) in [5.74, 6) is -1.65. The van der Waals surface area contributed by atoms with E-state index >= 15 is 0 Å². The number of carboxylic acid groups (broad SMARTS) is 1. The number of nitrogens with one attached hydrogen (secondary N) is 1. The number of benzene rings is 1. The fourth-order valence-corrected chi connectivity index (χ4v) is 1.69. The Labute approximate surface area is 91.9 Å². The third-order valence-electron chi connectivity index (χ3n) is 2.64. The first kappa shape index (κ1) is 10.7. The summed E-state index contributed by atoms with van der Waals surface area (Å²) in [7, 11) is 0. The number of hydrogen-bond acceptors (Lipinski definition) is 1. The van der Waals surface area contributed by atoms with Crippen molar-refractivity contribution in [1.29, 1.82) is 0 Å². The Hall–Kier alpha value is -1.84. The molecular formula is C12H12FNO2. The molecule has 0 bridgehead atoms. The number of aromatic nitrogens is 1. The van der Waals surface area contributed by atoms with Crippen LogP contribution in [0.1, 0.15) is 35.8 Å². The highest BCUT2D eigenvalue weighted by Gasteiger charge is 2.17. The molecule has 0 saturated carbocycles. The van der Waals surface area contributed by atoms with Gasteiger partial charge in [0.15, 0.2) is 11.5 Å². The lowest BCUT2D eigenvalue weighted by atomic mass is 10.0. The highest BCUT2D eigenvalue weighted by Crippen LogP contribution is 2.25. The lowest BCUT2D eigenvalue weighted by Gasteiger charge is -2.03. The minimum Gasteiger partial charge on any atom is -0.476 e. The zero-order valence-electron chi connectivity index (χ0n) is 9.04. The summed E-state index contributed by atoms with van der Waals surface area (Å²) >= 11 is 0. The van der Waals surface area contributed by atoms with Gasteiger partial charge in [0.25, 0.3) is 0 Å². The van der Waals surface area contributed by atoms with Crippen molar-refractivity contribution < 1.29 is 14.3 Å². The molecular weight excluding hydrogens is 209 g/mol. The van der Waals surface area contributed by atoms with Crippen LogP contribution in [0.5, 0.6) is 0 Å². The van der Waals surface area contributed by atoms with Crippen LogP contribution in [0.2, 0.25) is 0 Å². The van der Waals surface area contributed by atoms with Crippen LogP contribution >= 0.6 is 0 Å². The van der Waals surface area contributed by atoms with Crippen molar-refractivity contribution in [3.05, 3.63) is 35.3 Å². The maximum absolute atomic E-state index is 13.6. The van der Waals surface area contributed by atoms with E-state index < -0.39 is 11.8 Å². The average molecular weight is 221 g/mol. The molecule has 0 aliphatic carbocycles. The van der Waals surface area contributed by atoms with Crippen LogP contribution in [0, 0.1) is 5.82 Å². The molecule has 84 valence electrons. The molecule has 16 heavy (non-hydrogen) atoms. The first-order valence-corrected chi connectivity index (χ1v) is 5.05. The van der Waals surface area contributed by atoms with Gasteiger partial charge in [0, 0.05) is 10.9 Å². The number of fused-ring (bicyclic) bond motifs is 1. The summed E-state index contributed by atoms with van der Waals surface area (Å²) in [5.41, 5.74) is 1.20. The molecule has 1 aromatic carbocycles. The summed E-state index contributed by atoms with van der Waals surface area (Å²) in [4.78, 5) is 13.3. The van der Waals surface area contributed by atoms with Crippen LogP contribution in [0.25, 0.3) is 10.9 Å². The minimum atomic E-state index is -1.28. The Morgan fingerprint density at radius 2 is 2.12 bits per heavy atom. The molecule has 3 nitrogen and oxygen atoms in total. The molecule has 1 heterocycles. The van der Waals surface area contributed by atoms with Crippen LogP contribution in [0.3, 0.4) is 0 Å². The van der Waals surface area contributed by atoms with Gasteiger partial charge in [-0.15, -0.1) is 0 Å². The first-order chi connectivity index (χ1) is 7.50. The maximum atomic E-state index is 13.6. The van der Waals surface area contributed by atoms with Crippen molar-refractivity contribution in [2.45, 2.75) is 19.8 Å². The van der Waals surface area contributed by atoms with Gasteiger partial charge in [0.2, 0.25) is 0 Å². The summed E-state index contributed by atoms with van der Waals surface area (Å²) in [6, 6.07) is 5.22. The van der Waals surface area contributed by atoms with E-state index in [4.69, 9.17) is 5.11 Å². The Morgan fingerprint density at radius 1 is 1.44 bits per heavy atom. The second kappa shape index (κ2) is 3.63. The van der Waals surface area contributed by atoms with Crippen LogP contribution in [-0.2, 0) is 0 Å². The van der Waals surface area contributed by atoms with Gasteiger partial charge in [0.1, 0.15) is 0 Å². The predicted molar refractivity (Wildman–Crippen MR) is 59.3 cm³/mol. The molecule has 0 amide bonds. The van der Waals surface area contributed by atoms with Crippen molar-refractivity contribution in [3.63, 3.8) is 0 Å². The van der Waals surface area contributed by atoms with Crippen LogP contribution < -0.4 is 0 Å². The molecule has 2 rings (SSSR count). The second-order valence-corrected chi connectivity index (χ2v) is 4.08. The third kappa shape index (κ3) is 1.56. The SMILES string of the molecule is CC(C)c1ccc2c(F)c(C(=O)O)[nH]c2c1. The predicted octanol–water partition coefficient (Wildman–Crippen LogP) is 3.13. The van der Waals surface area contributed by atoms with Crippen LogP contribution in [-0.4, -0.2) is 16.1 Å². The molecule has 0 fully saturated rings. The van der Waals surface area contributed by atoms with Crippen molar-refractivity contribution in [3.8, 4) is 0 Å². The summed E-state index contributed by atoms with van der Waals surface area (Å²) < 4.78 is 13.6. The molecule has 0 radical (unpaired) electrons. The lowest BCUT2D eigenvalue weighted by molar-refractivity contribution is 0.0686. The zero-order valence-corrected chi connectivity index (χ0v) is 9.04. The van der Waals surface area contributed by atoms with Gasteiger partial charge in [-0.25, -0.2) is 9.18 Å². The minimum absolute atomic E-state index is 0.321. The van der Waals surface area contributed by atoms with Crippen molar-refractivity contribution in [1.82, 2.24) is 4.98 Å². The van der Waals surface area contributed by atoms with Gasteiger partial charge >= 0.3 is 5.97 Å².